The van der Waals surface area contributed by atoms with Crippen molar-refractivity contribution in [1.29, 1.82) is 0 Å². The van der Waals surface area contributed by atoms with Crippen molar-refractivity contribution in [2.75, 3.05) is 23.4 Å². The second-order valence-electron chi connectivity index (χ2n) is 10.1. The first kappa shape index (κ1) is 28.3. The minimum Gasteiger partial charge on any atom is -0.489 e. The normalized spacial score (nSPS) is 13.9. The number of benzene rings is 3. The van der Waals surface area contributed by atoms with Gasteiger partial charge < -0.3 is 19.7 Å². The van der Waals surface area contributed by atoms with E-state index < -0.39 is 0 Å². The molecule has 210 valence electrons. The summed E-state index contributed by atoms with van der Waals surface area (Å²) in [5.74, 6) is 0.535. The van der Waals surface area contributed by atoms with Gasteiger partial charge in [0.2, 0.25) is 0 Å². The molecule has 0 amide bonds. The summed E-state index contributed by atoms with van der Waals surface area (Å²) in [6, 6.07) is 28.5. The van der Waals surface area contributed by atoms with Gasteiger partial charge in [0.15, 0.2) is 0 Å². The second-order valence-corrected chi connectivity index (χ2v) is 10.6. The van der Waals surface area contributed by atoms with E-state index in [1.165, 1.54) is 16.8 Å². The van der Waals surface area contributed by atoms with E-state index in [9.17, 15) is 4.79 Å². The first-order valence-electron chi connectivity index (χ1n) is 14.1. The highest BCUT2D eigenvalue weighted by atomic mass is 32.1. The summed E-state index contributed by atoms with van der Waals surface area (Å²) in [4.78, 5) is 19.8. The van der Waals surface area contributed by atoms with E-state index in [0.29, 0.717) is 41.9 Å². The van der Waals surface area contributed by atoms with Gasteiger partial charge in [0.05, 0.1) is 22.8 Å². The lowest BCUT2D eigenvalue weighted by molar-refractivity contribution is 0.0527. The minimum absolute atomic E-state index is 0.302. The lowest BCUT2D eigenvalue weighted by atomic mass is 10.0. The van der Waals surface area contributed by atoms with Crippen LogP contribution in [0.5, 0.6) is 5.75 Å². The zero-order valence-electron chi connectivity index (χ0n) is 23.3. The van der Waals surface area contributed by atoms with Crippen LogP contribution in [0.1, 0.15) is 46.8 Å². The molecular formula is C34H35N3O3S. The number of hydrogen-bond donors (Lipinski definition) is 1. The summed E-state index contributed by atoms with van der Waals surface area (Å²) >= 11 is 5.74. The number of carbonyl (C=O) groups excluding carboxylic acids is 1. The van der Waals surface area contributed by atoms with Gasteiger partial charge in [-0.1, -0.05) is 54.7 Å². The number of pyridine rings is 1. The third kappa shape index (κ3) is 7.50. The third-order valence-corrected chi connectivity index (χ3v) is 7.60. The van der Waals surface area contributed by atoms with Gasteiger partial charge in [-0.05, 0) is 85.3 Å². The molecule has 0 saturated carbocycles. The van der Waals surface area contributed by atoms with Gasteiger partial charge in [-0.15, -0.1) is 0 Å². The molecule has 7 heteroatoms. The van der Waals surface area contributed by atoms with Crippen LogP contribution >= 0.6 is 12.2 Å². The van der Waals surface area contributed by atoms with Gasteiger partial charge in [0.1, 0.15) is 12.4 Å². The molecule has 6 nitrogen and oxygen atoms in total. The van der Waals surface area contributed by atoms with E-state index >= 15 is 0 Å². The van der Waals surface area contributed by atoms with E-state index in [1.807, 2.05) is 48.8 Å². The average Bonchev–Trinajstić information content (AvgIpc) is 3.36. The van der Waals surface area contributed by atoms with E-state index in [-0.39, 0.29) is 5.97 Å². The average molecular weight is 566 g/mol. The Morgan fingerprint density at radius 3 is 2.59 bits per heavy atom. The predicted octanol–water partition coefficient (Wildman–Crippen LogP) is 7.03. The number of rotatable bonds is 12. The van der Waals surface area contributed by atoms with Gasteiger partial charge in [0.25, 0.3) is 0 Å². The van der Waals surface area contributed by atoms with Crippen LogP contribution in [0.4, 0.5) is 11.4 Å². The fourth-order valence-electron chi connectivity index (χ4n) is 5.25. The molecule has 1 aliphatic rings. The van der Waals surface area contributed by atoms with Crippen LogP contribution < -0.4 is 15.0 Å². The van der Waals surface area contributed by atoms with Crippen molar-refractivity contribution < 1.29 is 14.3 Å². The van der Waals surface area contributed by atoms with Crippen LogP contribution in [0.3, 0.4) is 0 Å². The van der Waals surface area contributed by atoms with Crippen molar-refractivity contribution in [1.82, 2.24) is 4.98 Å². The topological polar surface area (TPSA) is 63.7 Å². The highest BCUT2D eigenvalue weighted by Crippen LogP contribution is 2.37. The predicted molar refractivity (Wildman–Crippen MR) is 168 cm³/mol. The van der Waals surface area contributed by atoms with Crippen molar-refractivity contribution in [3.63, 3.8) is 0 Å². The van der Waals surface area contributed by atoms with E-state index in [0.717, 1.165) is 37.1 Å². The zero-order valence-corrected chi connectivity index (χ0v) is 24.1. The Morgan fingerprint density at radius 2 is 1.78 bits per heavy atom. The number of esters is 1. The molecule has 1 N–H and O–H groups in total. The highest BCUT2D eigenvalue weighted by molar-refractivity contribution is 7.80. The molecule has 0 fully saturated rings. The van der Waals surface area contributed by atoms with Crippen molar-refractivity contribution in [3.8, 4) is 5.75 Å². The number of anilines is 2. The molecule has 2 heterocycles. The molecule has 0 saturated heterocycles. The Morgan fingerprint density at radius 1 is 1.00 bits per heavy atom. The summed E-state index contributed by atoms with van der Waals surface area (Å²) in [5, 5.41) is 3.29. The third-order valence-electron chi connectivity index (χ3n) is 7.30. The smallest absolute Gasteiger partial charge is 0.340 e. The van der Waals surface area contributed by atoms with Gasteiger partial charge in [-0.25, -0.2) is 4.79 Å². The maximum Gasteiger partial charge on any atom is 0.340 e. The van der Waals surface area contributed by atoms with Crippen LogP contribution in [0, 0.1) is 0 Å². The van der Waals surface area contributed by atoms with Gasteiger partial charge in [-0.3, -0.25) is 4.98 Å². The van der Waals surface area contributed by atoms with Crippen LogP contribution in [0.2, 0.25) is 0 Å². The van der Waals surface area contributed by atoms with Crippen molar-refractivity contribution in [3.05, 3.63) is 120 Å². The van der Waals surface area contributed by atoms with E-state index in [1.54, 1.807) is 13.0 Å². The number of nitrogens with zero attached hydrogens (tertiary/aromatic N) is 2. The summed E-state index contributed by atoms with van der Waals surface area (Å²) in [5.41, 5.74) is 6.13. The standard InChI is InChI=1S/C34H35N3O3S/c1-2-39-34(38)30-10-6-7-11-31(30)36-33(41)15-12-28-22-27-23-29(40-24-26-8-4-3-5-9-26)13-14-32(27)37(28)21-18-25-16-19-35-20-17-25/h3-11,13-14,16-17,19-20,23,28H,2,12,15,18,21-22,24H2,1H3,(H,36,41). The lowest BCUT2D eigenvalue weighted by Gasteiger charge is -2.28. The maximum absolute atomic E-state index is 12.4. The molecule has 0 spiro atoms. The Bertz CT molecular complexity index is 1460. The van der Waals surface area contributed by atoms with Gasteiger partial charge in [0, 0.05) is 37.1 Å². The number of para-hydroxylation sites is 1. The molecule has 1 atom stereocenters. The molecule has 0 bridgehead atoms. The first-order chi connectivity index (χ1) is 20.1. The number of fused-ring (bicyclic) bond motifs is 1. The van der Waals surface area contributed by atoms with Gasteiger partial charge in [-0.2, -0.15) is 0 Å². The van der Waals surface area contributed by atoms with Crippen molar-refractivity contribution in [2.45, 2.75) is 45.3 Å². The zero-order chi connectivity index (χ0) is 28.4. The molecular weight excluding hydrogens is 530 g/mol. The lowest BCUT2D eigenvalue weighted by Crippen LogP contribution is -2.34. The number of nitrogens with one attached hydrogen (secondary N) is 1. The molecule has 1 aliphatic heterocycles. The molecule has 0 aliphatic carbocycles. The second kappa shape index (κ2) is 13.9. The molecule has 4 aromatic rings. The Balaban J connectivity index is 1.26. The SMILES string of the molecule is CCOC(=O)c1ccccc1NC(=S)CCC1Cc2cc(OCc3ccccc3)ccc2N1CCc1ccncc1. The van der Waals surface area contributed by atoms with Crippen LogP contribution in [0.25, 0.3) is 0 Å². The minimum atomic E-state index is -0.350. The first-order valence-corrected chi connectivity index (χ1v) is 14.5. The number of hydrogen-bond acceptors (Lipinski definition) is 6. The van der Waals surface area contributed by atoms with Crippen LogP contribution in [-0.2, 0) is 24.2 Å². The molecule has 5 rings (SSSR count). The van der Waals surface area contributed by atoms with Gasteiger partial charge >= 0.3 is 5.97 Å². The largest absolute Gasteiger partial charge is 0.489 e. The van der Waals surface area contributed by atoms with Crippen LogP contribution in [0.15, 0.2) is 97.3 Å². The summed E-state index contributed by atoms with van der Waals surface area (Å²) < 4.78 is 11.3. The van der Waals surface area contributed by atoms with E-state index in [2.05, 4.69) is 57.7 Å². The molecule has 3 aromatic carbocycles. The number of ether oxygens (including phenoxy) is 2. The maximum atomic E-state index is 12.4. The van der Waals surface area contributed by atoms with Crippen molar-refractivity contribution >= 4 is 34.6 Å². The fraction of sp³-hybridized carbons (Fsp3) is 0.265. The van der Waals surface area contributed by atoms with Crippen LogP contribution in [-0.4, -0.2) is 35.1 Å². The number of carbonyl (C=O) groups is 1. The monoisotopic (exact) mass is 565 g/mol. The highest BCUT2D eigenvalue weighted by Gasteiger charge is 2.29. The summed E-state index contributed by atoms with van der Waals surface area (Å²) in [7, 11) is 0. The Kier molecular flexibility index (Phi) is 9.60. The number of thiocarbonyl (C=S) groups is 1. The number of aromatic nitrogens is 1. The quantitative estimate of drug-likeness (QED) is 0.146. The molecule has 41 heavy (non-hydrogen) atoms. The Labute approximate surface area is 247 Å². The summed E-state index contributed by atoms with van der Waals surface area (Å²) in [6.07, 6.45) is 7.14. The molecule has 1 unspecified atom stereocenters. The molecule has 1 aromatic heterocycles. The fourth-order valence-corrected chi connectivity index (χ4v) is 5.47. The Hall–Kier alpha value is -4.23. The summed E-state index contributed by atoms with van der Waals surface area (Å²) in [6.45, 7) is 3.57. The van der Waals surface area contributed by atoms with E-state index in [4.69, 9.17) is 21.7 Å². The van der Waals surface area contributed by atoms with Crippen molar-refractivity contribution in [2.24, 2.45) is 0 Å². The molecule has 0 radical (unpaired) electrons.